The Labute approximate surface area is 127 Å². The summed E-state index contributed by atoms with van der Waals surface area (Å²) in [5, 5.41) is 8.85. The smallest absolute Gasteiger partial charge is 0.328 e. The number of hydrogen-bond donors (Lipinski definition) is 1. The molecule has 0 aliphatic rings. The highest BCUT2D eigenvalue weighted by molar-refractivity contribution is 5.87. The number of carbonyl (C=O) groups is 1. The van der Waals surface area contributed by atoms with E-state index in [1.54, 1.807) is 6.08 Å². The van der Waals surface area contributed by atoms with Crippen LogP contribution in [-0.4, -0.2) is 49.7 Å². The molecular weight excluding hydrogens is 264 g/mol. The van der Waals surface area contributed by atoms with E-state index in [0.29, 0.717) is 0 Å². The number of aryl methyl sites for hydroxylation is 1. The van der Waals surface area contributed by atoms with Crippen LogP contribution in [0.15, 0.2) is 24.3 Å². The summed E-state index contributed by atoms with van der Waals surface area (Å²) in [6.45, 7) is 7.04. The zero-order chi connectivity index (χ0) is 15.8. The summed E-state index contributed by atoms with van der Waals surface area (Å²) < 4.78 is 0. The molecule has 0 atom stereocenters. The van der Waals surface area contributed by atoms with Gasteiger partial charge in [-0.3, -0.25) is 0 Å². The molecule has 1 aromatic rings. The monoisotopic (exact) mass is 290 g/mol. The minimum atomic E-state index is -0.919. The maximum Gasteiger partial charge on any atom is 0.328 e. The number of carboxylic acid groups (broad SMARTS) is 1. The zero-order valence-electron chi connectivity index (χ0n) is 13.5. The Hall–Kier alpha value is -1.81. The summed E-state index contributed by atoms with van der Waals surface area (Å²) in [6.07, 6.45) is 3.95. The normalized spacial score (nSPS) is 11.3. The summed E-state index contributed by atoms with van der Waals surface area (Å²) in [5.41, 5.74) is 3.19. The van der Waals surface area contributed by atoms with Crippen molar-refractivity contribution in [2.45, 2.75) is 20.3 Å². The fraction of sp³-hybridized carbons (Fsp3) is 0.471. The second-order valence-electron chi connectivity index (χ2n) is 5.52. The van der Waals surface area contributed by atoms with E-state index in [1.165, 1.54) is 6.08 Å². The largest absolute Gasteiger partial charge is 0.478 e. The van der Waals surface area contributed by atoms with E-state index in [1.807, 2.05) is 13.0 Å². The third-order valence-electron chi connectivity index (χ3n) is 3.24. The van der Waals surface area contributed by atoms with Gasteiger partial charge in [-0.1, -0.05) is 18.6 Å². The fourth-order valence-electron chi connectivity index (χ4n) is 2.20. The molecule has 0 amide bonds. The molecule has 1 N–H and O–H groups in total. The number of rotatable bonds is 8. The van der Waals surface area contributed by atoms with Gasteiger partial charge >= 0.3 is 5.97 Å². The summed E-state index contributed by atoms with van der Waals surface area (Å²) in [6, 6.07) is 6.20. The van der Waals surface area contributed by atoms with Crippen LogP contribution in [0.3, 0.4) is 0 Å². The molecule has 0 saturated heterocycles. The predicted molar refractivity (Wildman–Crippen MR) is 88.9 cm³/mol. The minimum Gasteiger partial charge on any atom is -0.478 e. The minimum absolute atomic E-state index is 0.919. The first-order valence-corrected chi connectivity index (χ1v) is 7.35. The van der Waals surface area contributed by atoms with Crippen LogP contribution in [0.1, 0.15) is 24.5 Å². The highest BCUT2D eigenvalue weighted by Gasteiger charge is 2.10. The van der Waals surface area contributed by atoms with Crippen LogP contribution in [0.25, 0.3) is 6.08 Å². The van der Waals surface area contributed by atoms with E-state index in [0.717, 1.165) is 42.9 Å². The van der Waals surface area contributed by atoms with Crippen molar-refractivity contribution in [1.29, 1.82) is 0 Å². The van der Waals surface area contributed by atoms with Gasteiger partial charge in [-0.25, -0.2) is 4.79 Å². The van der Waals surface area contributed by atoms with E-state index in [9.17, 15) is 4.79 Å². The van der Waals surface area contributed by atoms with Gasteiger partial charge in [0.05, 0.1) is 0 Å². The van der Waals surface area contributed by atoms with Crippen LogP contribution in [0.5, 0.6) is 0 Å². The van der Waals surface area contributed by atoms with Gasteiger partial charge in [-0.05, 0) is 51.2 Å². The van der Waals surface area contributed by atoms with Crippen LogP contribution in [0.4, 0.5) is 5.69 Å². The third-order valence-corrected chi connectivity index (χ3v) is 3.24. The summed E-state index contributed by atoms with van der Waals surface area (Å²) in [5.74, 6) is -0.919. The molecule has 1 rings (SSSR count). The average Bonchev–Trinajstić information content (AvgIpc) is 2.41. The van der Waals surface area contributed by atoms with Crippen molar-refractivity contribution in [3.05, 3.63) is 35.4 Å². The standard InChI is InChI=1S/C17H26N2O2/c1-5-10-19(12-11-18(3)4)16-8-6-14(2)13-15(16)7-9-17(20)21/h6-9,13H,5,10-12H2,1-4H3,(H,20,21)/b9-7+. The number of nitrogens with zero attached hydrogens (tertiary/aromatic N) is 2. The van der Waals surface area contributed by atoms with E-state index >= 15 is 0 Å². The van der Waals surface area contributed by atoms with Gasteiger partial charge in [0.25, 0.3) is 0 Å². The van der Waals surface area contributed by atoms with Gasteiger partial charge < -0.3 is 14.9 Å². The van der Waals surface area contributed by atoms with Crippen LogP contribution < -0.4 is 4.90 Å². The summed E-state index contributed by atoms with van der Waals surface area (Å²) in [7, 11) is 4.12. The topological polar surface area (TPSA) is 43.8 Å². The number of aliphatic carboxylic acids is 1. The number of carboxylic acids is 1. The first-order valence-electron chi connectivity index (χ1n) is 7.35. The number of anilines is 1. The molecule has 0 fully saturated rings. The maximum atomic E-state index is 10.8. The second-order valence-corrected chi connectivity index (χ2v) is 5.52. The molecule has 0 radical (unpaired) electrons. The predicted octanol–water partition coefficient (Wildman–Crippen LogP) is 2.87. The lowest BCUT2D eigenvalue weighted by atomic mass is 10.1. The van der Waals surface area contributed by atoms with Crippen molar-refractivity contribution in [3.63, 3.8) is 0 Å². The average molecular weight is 290 g/mol. The van der Waals surface area contributed by atoms with Crippen molar-refractivity contribution in [2.75, 3.05) is 38.6 Å². The van der Waals surface area contributed by atoms with Crippen molar-refractivity contribution in [2.24, 2.45) is 0 Å². The Morgan fingerprint density at radius 1 is 1.24 bits per heavy atom. The first kappa shape index (κ1) is 17.2. The van der Waals surface area contributed by atoms with Crippen molar-refractivity contribution < 1.29 is 9.90 Å². The summed E-state index contributed by atoms with van der Waals surface area (Å²) >= 11 is 0. The Kier molecular flexibility index (Phi) is 6.96. The lowest BCUT2D eigenvalue weighted by Gasteiger charge is -2.27. The first-order chi connectivity index (χ1) is 9.93. The van der Waals surface area contributed by atoms with Gasteiger partial charge in [-0.15, -0.1) is 0 Å². The van der Waals surface area contributed by atoms with Crippen LogP contribution in [0, 0.1) is 6.92 Å². The van der Waals surface area contributed by atoms with E-state index in [-0.39, 0.29) is 0 Å². The zero-order valence-corrected chi connectivity index (χ0v) is 13.5. The molecule has 0 aliphatic heterocycles. The van der Waals surface area contributed by atoms with Crippen molar-refractivity contribution in [1.82, 2.24) is 4.90 Å². The van der Waals surface area contributed by atoms with Gasteiger partial charge in [0.2, 0.25) is 0 Å². The van der Waals surface area contributed by atoms with E-state index < -0.39 is 5.97 Å². The summed E-state index contributed by atoms with van der Waals surface area (Å²) in [4.78, 5) is 15.2. The molecule has 0 bridgehead atoms. The SMILES string of the molecule is CCCN(CCN(C)C)c1ccc(C)cc1/C=C/C(=O)O. The lowest BCUT2D eigenvalue weighted by molar-refractivity contribution is -0.131. The quantitative estimate of drug-likeness (QED) is 0.748. The molecule has 4 nitrogen and oxygen atoms in total. The van der Waals surface area contributed by atoms with E-state index in [4.69, 9.17) is 5.11 Å². The van der Waals surface area contributed by atoms with Gasteiger partial charge in [0.1, 0.15) is 0 Å². The van der Waals surface area contributed by atoms with Crippen LogP contribution >= 0.6 is 0 Å². The number of hydrogen-bond acceptors (Lipinski definition) is 3. The molecule has 116 valence electrons. The Bertz CT molecular complexity index is 496. The van der Waals surface area contributed by atoms with E-state index in [2.05, 4.69) is 43.0 Å². The van der Waals surface area contributed by atoms with Gasteiger partial charge in [0.15, 0.2) is 0 Å². The molecule has 4 heteroatoms. The highest BCUT2D eigenvalue weighted by Crippen LogP contribution is 2.23. The van der Waals surface area contributed by atoms with Crippen LogP contribution in [0.2, 0.25) is 0 Å². The van der Waals surface area contributed by atoms with Gasteiger partial charge in [0, 0.05) is 31.4 Å². The molecule has 1 aromatic carbocycles. The van der Waals surface area contributed by atoms with Crippen molar-refractivity contribution in [3.8, 4) is 0 Å². The van der Waals surface area contributed by atoms with Crippen molar-refractivity contribution >= 4 is 17.7 Å². The molecule has 0 heterocycles. The number of likely N-dealkylation sites (N-methyl/N-ethyl adjacent to an activating group) is 1. The second kappa shape index (κ2) is 8.47. The molecule has 0 unspecified atom stereocenters. The molecule has 0 spiro atoms. The Morgan fingerprint density at radius 2 is 1.95 bits per heavy atom. The third kappa shape index (κ3) is 6.00. The molecule has 0 aliphatic carbocycles. The number of benzene rings is 1. The van der Waals surface area contributed by atoms with Crippen LogP contribution in [-0.2, 0) is 4.79 Å². The molecule has 21 heavy (non-hydrogen) atoms. The maximum absolute atomic E-state index is 10.8. The molecular formula is C17H26N2O2. The Morgan fingerprint density at radius 3 is 2.52 bits per heavy atom. The van der Waals surface area contributed by atoms with Gasteiger partial charge in [-0.2, -0.15) is 0 Å². The fourth-order valence-corrected chi connectivity index (χ4v) is 2.20. The lowest BCUT2D eigenvalue weighted by Crippen LogP contribution is -2.32. The highest BCUT2D eigenvalue weighted by atomic mass is 16.4. The Balaban J connectivity index is 3.07. The molecule has 0 aromatic heterocycles. The molecule has 0 saturated carbocycles.